The molecule has 0 spiro atoms. The molecule has 1 saturated heterocycles. The van der Waals surface area contributed by atoms with Gasteiger partial charge in [0.05, 0.1) is 6.10 Å². The molecule has 1 aliphatic heterocycles. The van der Waals surface area contributed by atoms with Gasteiger partial charge in [-0.25, -0.2) is 0 Å². The molecule has 1 saturated carbocycles. The monoisotopic (exact) mass is 253 g/mol. The number of rotatable bonds is 5. The van der Waals surface area contributed by atoms with Gasteiger partial charge in [0, 0.05) is 18.6 Å². The maximum absolute atomic E-state index is 5.89. The number of hydrogen-bond acceptors (Lipinski definition) is 2. The molecule has 0 aromatic carbocycles. The van der Waals surface area contributed by atoms with Crippen molar-refractivity contribution in [3.8, 4) is 0 Å². The summed E-state index contributed by atoms with van der Waals surface area (Å²) in [5.41, 5.74) is 0. The largest absolute Gasteiger partial charge is 0.378 e. The van der Waals surface area contributed by atoms with Crippen LogP contribution in [0, 0.1) is 17.8 Å². The third kappa shape index (κ3) is 3.08. The molecule has 0 aromatic heterocycles. The minimum atomic E-state index is 0.506. The molecular formula is C16H31NO. The van der Waals surface area contributed by atoms with E-state index in [-0.39, 0.29) is 0 Å². The lowest BCUT2D eigenvalue weighted by Gasteiger charge is -2.38. The highest BCUT2D eigenvalue weighted by molar-refractivity contribution is 4.91. The van der Waals surface area contributed by atoms with E-state index in [2.05, 4.69) is 26.2 Å². The summed E-state index contributed by atoms with van der Waals surface area (Å²) in [5.74, 6) is 2.64. The summed E-state index contributed by atoms with van der Waals surface area (Å²) < 4.78 is 5.89. The van der Waals surface area contributed by atoms with Crippen molar-refractivity contribution in [1.82, 2.24) is 5.32 Å². The van der Waals surface area contributed by atoms with Crippen molar-refractivity contribution in [2.24, 2.45) is 17.8 Å². The van der Waals surface area contributed by atoms with Crippen LogP contribution < -0.4 is 5.32 Å². The summed E-state index contributed by atoms with van der Waals surface area (Å²) in [4.78, 5) is 0. The van der Waals surface area contributed by atoms with Crippen LogP contribution in [0.2, 0.25) is 0 Å². The summed E-state index contributed by atoms with van der Waals surface area (Å²) in [7, 11) is 2.15. The fourth-order valence-electron chi connectivity index (χ4n) is 4.25. The molecule has 2 fully saturated rings. The van der Waals surface area contributed by atoms with Crippen LogP contribution in [-0.4, -0.2) is 25.8 Å². The second-order valence-corrected chi connectivity index (χ2v) is 6.27. The SMILES string of the molecule is CCC1CCC(C(NC)C2CCOC2CC)CC1. The topological polar surface area (TPSA) is 21.3 Å². The van der Waals surface area contributed by atoms with E-state index in [4.69, 9.17) is 4.74 Å². The van der Waals surface area contributed by atoms with Crippen molar-refractivity contribution < 1.29 is 4.74 Å². The Morgan fingerprint density at radius 2 is 1.78 bits per heavy atom. The molecule has 1 aliphatic carbocycles. The van der Waals surface area contributed by atoms with Gasteiger partial charge in [0.2, 0.25) is 0 Å². The van der Waals surface area contributed by atoms with E-state index in [1.807, 2.05) is 0 Å². The molecule has 0 radical (unpaired) electrons. The zero-order valence-electron chi connectivity index (χ0n) is 12.5. The molecule has 0 aromatic rings. The summed E-state index contributed by atoms with van der Waals surface area (Å²) in [6.07, 6.45) is 10.1. The number of hydrogen-bond donors (Lipinski definition) is 1. The molecule has 18 heavy (non-hydrogen) atoms. The molecule has 2 nitrogen and oxygen atoms in total. The molecule has 0 bridgehead atoms. The first-order chi connectivity index (χ1) is 8.80. The fraction of sp³-hybridized carbons (Fsp3) is 1.00. The summed E-state index contributed by atoms with van der Waals surface area (Å²) in [6, 6.07) is 0.690. The Kier molecular flexibility index (Phi) is 5.50. The Labute approximate surface area is 113 Å². The van der Waals surface area contributed by atoms with Gasteiger partial charge in [0.1, 0.15) is 0 Å². The number of nitrogens with one attached hydrogen (secondary N) is 1. The summed E-state index contributed by atoms with van der Waals surface area (Å²) >= 11 is 0. The lowest BCUT2D eigenvalue weighted by atomic mass is 9.73. The van der Waals surface area contributed by atoms with E-state index in [1.54, 1.807) is 0 Å². The van der Waals surface area contributed by atoms with Gasteiger partial charge in [-0.05, 0) is 44.6 Å². The van der Waals surface area contributed by atoms with Crippen LogP contribution in [0.1, 0.15) is 58.8 Å². The molecular weight excluding hydrogens is 222 g/mol. The van der Waals surface area contributed by atoms with Gasteiger partial charge in [-0.15, -0.1) is 0 Å². The predicted octanol–water partition coefficient (Wildman–Crippen LogP) is 3.61. The van der Waals surface area contributed by atoms with Crippen molar-refractivity contribution in [2.45, 2.75) is 70.9 Å². The lowest BCUT2D eigenvalue weighted by molar-refractivity contribution is 0.0640. The molecule has 106 valence electrons. The van der Waals surface area contributed by atoms with Gasteiger partial charge in [0.25, 0.3) is 0 Å². The van der Waals surface area contributed by atoms with Crippen LogP contribution in [0.3, 0.4) is 0 Å². The smallest absolute Gasteiger partial charge is 0.0616 e. The molecule has 1 heterocycles. The van der Waals surface area contributed by atoms with Crippen LogP contribution in [-0.2, 0) is 4.74 Å². The summed E-state index contributed by atoms with van der Waals surface area (Å²) in [5, 5.41) is 3.63. The van der Waals surface area contributed by atoms with Gasteiger partial charge in [0.15, 0.2) is 0 Å². The molecule has 0 amide bonds. The van der Waals surface area contributed by atoms with Gasteiger partial charge >= 0.3 is 0 Å². The highest BCUT2D eigenvalue weighted by Gasteiger charge is 2.37. The van der Waals surface area contributed by atoms with E-state index in [1.165, 1.54) is 44.9 Å². The first-order valence-electron chi connectivity index (χ1n) is 8.09. The standard InChI is InChI=1S/C16H31NO/c1-4-12-6-8-13(9-7-12)16(17-3)14-10-11-18-15(14)5-2/h12-17H,4-11H2,1-3H3. The normalized spacial score (nSPS) is 38.8. The van der Waals surface area contributed by atoms with E-state index < -0.39 is 0 Å². The van der Waals surface area contributed by atoms with E-state index in [0.717, 1.165) is 24.4 Å². The minimum Gasteiger partial charge on any atom is -0.378 e. The van der Waals surface area contributed by atoms with Gasteiger partial charge in [-0.2, -0.15) is 0 Å². The highest BCUT2D eigenvalue weighted by Crippen LogP contribution is 2.38. The van der Waals surface area contributed by atoms with Crippen molar-refractivity contribution in [1.29, 1.82) is 0 Å². The Morgan fingerprint density at radius 1 is 1.06 bits per heavy atom. The zero-order valence-corrected chi connectivity index (χ0v) is 12.5. The highest BCUT2D eigenvalue weighted by atomic mass is 16.5. The van der Waals surface area contributed by atoms with E-state index in [9.17, 15) is 0 Å². The Hall–Kier alpha value is -0.0800. The molecule has 1 N–H and O–H groups in total. The van der Waals surface area contributed by atoms with Gasteiger partial charge in [-0.3, -0.25) is 0 Å². The van der Waals surface area contributed by atoms with E-state index >= 15 is 0 Å². The molecule has 2 heteroatoms. The first kappa shape index (κ1) is 14.3. The third-order valence-electron chi connectivity index (χ3n) is 5.43. The molecule has 2 rings (SSSR count). The van der Waals surface area contributed by atoms with Gasteiger partial charge in [-0.1, -0.05) is 33.1 Å². The lowest BCUT2D eigenvalue weighted by Crippen LogP contribution is -2.44. The Bertz CT molecular complexity index is 235. The molecule has 3 atom stereocenters. The molecule has 3 unspecified atom stereocenters. The van der Waals surface area contributed by atoms with Crippen molar-refractivity contribution in [2.75, 3.05) is 13.7 Å². The Morgan fingerprint density at radius 3 is 2.33 bits per heavy atom. The Balaban J connectivity index is 1.92. The van der Waals surface area contributed by atoms with Crippen LogP contribution in [0.4, 0.5) is 0 Å². The number of ether oxygens (including phenoxy) is 1. The minimum absolute atomic E-state index is 0.506. The van der Waals surface area contributed by atoms with E-state index in [0.29, 0.717) is 12.1 Å². The van der Waals surface area contributed by atoms with Crippen molar-refractivity contribution >= 4 is 0 Å². The van der Waals surface area contributed by atoms with Crippen LogP contribution in [0.15, 0.2) is 0 Å². The quantitative estimate of drug-likeness (QED) is 0.808. The maximum Gasteiger partial charge on any atom is 0.0616 e. The van der Waals surface area contributed by atoms with Crippen LogP contribution in [0.5, 0.6) is 0 Å². The second kappa shape index (κ2) is 6.91. The first-order valence-corrected chi connectivity index (χ1v) is 8.09. The van der Waals surface area contributed by atoms with Crippen molar-refractivity contribution in [3.63, 3.8) is 0 Å². The third-order valence-corrected chi connectivity index (χ3v) is 5.43. The zero-order chi connectivity index (χ0) is 13.0. The predicted molar refractivity (Wildman–Crippen MR) is 76.7 cm³/mol. The van der Waals surface area contributed by atoms with Crippen molar-refractivity contribution in [3.05, 3.63) is 0 Å². The second-order valence-electron chi connectivity index (χ2n) is 6.27. The maximum atomic E-state index is 5.89. The average Bonchev–Trinajstić information content (AvgIpc) is 2.89. The fourth-order valence-corrected chi connectivity index (χ4v) is 4.25. The van der Waals surface area contributed by atoms with Crippen LogP contribution in [0.25, 0.3) is 0 Å². The average molecular weight is 253 g/mol. The molecule has 2 aliphatic rings. The summed E-state index contributed by atoms with van der Waals surface area (Å²) in [6.45, 7) is 5.59. The van der Waals surface area contributed by atoms with Crippen LogP contribution >= 0.6 is 0 Å². The van der Waals surface area contributed by atoms with Gasteiger partial charge < -0.3 is 10.1 Å².